The van der Waals surface area contributed by atoms with Crippen LogP contribution in [0, 0.1) is 11.6 Å². The molecule has 35 heavy (non-hydrogen) atoms. The van der Waals surface area contributed by atoms with Gasteiger partial charge in [0.05, 0.1) is 18.3 Å². The van der Waals surface area contributed by atoms with Crippen molar-refractivity contribution in [2.24, 2.45) is 5.73 Å². The lowest BCUT2D eigenvalue weighted by atomic mass is 10.1. The quantitative estimate of drug-likeness (QED) is 0.358. The van der Waals surface area contributed by atoms with E-state index in [1.807, 2.05) is 0 Å². The monoisotopic (exact) mass is 511 g/mol. The van der Waals surface area contributed by atoms with Crippen LogP contribution in [0.4, 0.5) is 18.6 Å². The fraction of sp³-hybridized carbons (Fsp3) is 0.500. The zero-order valence-electron chi connectivity index (χ0n) is 18.9. The molecule has 3 amide bonds. The van der Waals surface area contributed by atoms with E-state index in [2.05, 4.69) is 19.9 Å². The van der Waals surface area contributed by atoms with Gasteiger partial charge in [0.15, 0.2) is 11.6 Å². The van der Waals surface area contributed by atoms with Crippen LogP contribution in [0.25, 0.3) is 0 Å². The molecule has 1 fully saturated rings. The molecule has 1 saturated heterocycles. The Kier molecular flexibility index (Phi) is 7.98. The summed E-state index contributed by atoms with van der Waals surface area (Å²) in [6.07, 6.45) is 2.55. The standard InChI is InChI=1S/C22H27F2N5O5S/c23-15-9-12-4-8-33-18(12)17(24)14(15)11-34-20-16(19(25)31)21(35-28-20)27-22(32)26-5-1-2-6-29-7-3-13(30)10-29/h9,13,30H,1-8,10-11H2,(H2,25,31)(H2,26,27,32)/t13-/m0/s1. The smallest absolute Gasteiger partial charge is 0.319 e. The maximum atomic E-state index is 14.6. The summed E-state index contributed by atoms with van der Waals surface area (Å²) in [5.41, 5.74) is 5.34. The summed E-state index contributed by atoms with van der Waals surface area (Å²) in [7, 11) is 0. The molecule has 5 N–H and O–H groups in total. The van der Waals surface area contributed by atoms with E-state index in [0.717, 1.165) is 43.9 Å². The summed E-state index contributed by atoms with van der Waals surface area (Å²) >= 11 is 0.767. The molecule has 190 valence electrons. The third-order valence-electron chi connectivity index (χ3n) is 5.88. The average molecular weight is 512 g/mol. The van der Waals surface area contributed by atoms with Gasteiger partial charge in [0.1, 0.15) is 23.0 Å². The summed E-state index contributed by atoms with van der Waals surface area (Å²) in [6.45, 7) is 2.54. The maximum absolute atomic E-state index is 14.6. The molecule has 0 unspecified atom stereocenters. The lowest BCUT2D eigenvalue weighted by molar-refractivity contribution is 0.0996. The lowest BCUT2D eigenvalue weighted by Gasteiger charge is -2.14. The normalized spacial score (nSPS) is 17.2. The Morgan fingerprint density at radius 3 is 2.94 bits per heavy atom. The van der Waals surface area contributed by atoms with E-state index < -0.39 is 30.2 Å². The van der Waals surface area contributed by atoms with Crippen LogP contribution < -0.4 is 25.8 Å². The Balaban J connectivity index is 1.30. The Morgan fingerprint density at radius 1 is 1.37 bits per heavy atom. The molecule has 2 aliphatic rings. The second-order valence-electron chi connectivity index (χ2n) is 8.41. The number of aliphatic hydroxyl groups excluding tert-OH is 1. The maximum Gasteiger partial charge on any atom is 0.319 e. The molecule has 1 atom stereocenters. The van der Waals surface area contributed by atoms with Gasteiger partial charge in [0, 0.05) is 31.6 Å². The molecule has 4 rings (SSSR count). The van der Waals surface area contributed by atoms with E-state index in [0.29, 0.717) is 25.1 Å². The third kappa shape index (κ3) is 5.97. The van der Waals surface area contributed by atoms with Gasteiger partial charge in [0.2, 0.25) is 5.88 Å². The second-order valence-corrected chi connectivity index (χ2v) is 9.19. The van der Waals surface area contributed by atoms with Crippen LogP contribution in [0.15, 0.2) is 6.07 Å². The Hall–Kier alpha value is -3.03. The lowest BCUT2D eigenvalue weighted by Crippen LogP contribution is -2.31. The number of anilines is 1. The van der Waals surface area contributed by atoms with E-state index in [4.69, 9.17) is 15.2 Å². The molecule has 0 saturated carbocycles. The number of primary amides is 1. The van der Waals surface area contributed by atoms with Crippen molar-refractivity contribution in [2.45, 2.75) is 38.4 Å². The molecule has 0 spiro atoms. The number of unbranched alkanes of at least 4 members (excludes halogenated alkanes) is 1. The number of carbonyl (C=O) groups is 2. The van der Waals surface area contributed by atoms with Crippen molar-refractivity contribution in [1.29, 1.82) is 0 Å². The molecule has 0 aliphatic carbocycles. The van der Waals surface area contributed by atoms with Crippen LogP contribution in [-0.2, 0) is 13.0 Å². The van der Waals surface area contributed by atoms with Crippen molar-refractivity contribution in [3.05, 3.63) is 34.4 Å². The molecule has 0 radical (unpaired) electrons. The van der Waals surface area contributed by atoms with Crippen LogP contribution >= 0.6 is 11.5 Å². The molecule has 1 aromatic carbocycles. The van der Waals surface area contributed by atoms with Gasteiger partial charge < -0.3 is 30.5 Å². The van der Waals surface area contributed by atoms with Gasteiger partial charge in [-0.15, -0.1) is 0 Å². The van der Waals surface area contributed by atoms with Crippen LogP contribution in [0.5, 0.6) is 11.6 Å². The Labute approximate surface area is 204 Å². The number of aliphatic hydroxyl groups is 1. The number of nitrogens with one attached hydrogen (secondary N) is 2. The number of benzene rings is 1. The van der Waals surface area contributed by atoms with Crippen LogP contribution in [0.3, 0.4) is 0 Å². The van der Waals surface area contributed by atoms with Gasteiger partial charge in [-0.25, -0.2) is 13.6 Å². The van der Waals surface area contributed by atoms with Gasteiger partial charge in [0.25, 0.3) is 5.91 Å². The first-order chi connectivity index (χ1) is 16.8. The van der Waals surface area contributed by atoms with E-state index in [9.17, 15) is 23.5 Å². The minimum Gasteiger partial charge on any atom is -0.490 e. The van der Waals surface area contributed by atoms with Crippen molar-refractivity contribution in [3.63, 3.8) is 0 Å². The number of nitrogens with zero attached hydrogens (tertiary/aromatic N) is 2. The highest BCUT2D eigenvalue weighted by atomic mass is 32.1. The number of rotatable bonds is 10. The number of urea groups is 1. The van der Waals surface area contributed by atoms with Crippen molar-refractivity contribution in [1.82, 2.24) is 14.6 Å². The highest BCUT2D eigenvalue weighted by Crippen LogP contribution is 2.34. The number of carbonyl (C=O) groups excluding carboxylic acids is 2. The summed E-state index contributed by atoms with van der Waals surface area (Å²) in [6, 6.07) is 0.651. The molecule has 2 aromatic rings. The van der Waals surface area contributed by atoms with Crippen molar-refractivity contribution < 1.29 is 33.0 Å². The minimum absolute atomic E-state index is 0.00421. The van der Waals surface area contributed by atoms with Gasteiger partial charge >= 0.3 is 6.03 Å². The summed E-state index contributed by atoms with van der Waals surface area (Å²) in [5.74, 6) is -2.79. The summed E-state index contributed by atoms with van der Waals surface area (Å²) in [4.78, 5) is 26.4. The van der Waals surface area contributed by atoms with Crippen molar-refractivity contribution in [2.75, 3.05) is 38.1 Å². The number of ether oxygens (including phenoxy) is 2. The predicted octanol–water partition coefficient (Wildman–Crippen LogP) is 2.00. The number of nitrogens with two attached hydrogens (primary N) is 1. The number of hydrogen-bond donors (Lipinski definition) is 4. The number of fused-ring (bicyclic) bond motifs is 1. The Bertz CT molecular complexity index is 1100. The van der Waals surface area contributed by atoms with E-state index in [1.165, 1.54) is 6.07 Å². The number of likely N-dealkylation sites (tertiary alicyclic amines) is 1. The summed E-state index contributed by atoms with van der Waals surface area (Å²) in [5, 5.41) is 14.8. The fourth-order valence-corrected chi connectivity index (χ4v) is 4.80. The Morgan fingerprint density at radius 2 is 2.20 bits per heavy atom. The largest absolute Gasteiger partial charge is 0.490 e. The molecule has 3 heterocycles. The topological polar surface area (TPSA) is 139 Å². The number of aromatic nitrogens is 1. The molecule has 2 aliphatic heterocycles. The zero-order valence-corrected chi connectivity index (χ0v) is 19.8. The summed E-state index contributed by atoms with van der Waals surface area (Å²) < 4.78 is 43.6. The third-order valence-corrected chi connectivity index (χ3v) is 6.63. The van der Waals surface area contributed by atoms with Gasteiger partial charge in [-0.2, -0.15) is 4.37 Å². The second kappa shape index (κ2) is 11.1. The number of amides is 3. The van der Waals surface area contributed by atoms with Crippen LogP contribution in [0.1, 0.15) is 40.7 Å². The molecule has 0 bridgehead atoms. The first kappa shape index (κ1) is 25.1. The van der Waals surface area contributed by atoms with Gasteiger partial charge in [-0.05, 0) is 43.4 Å². The first-order valence-electron chi connectivity index (χ1n) is 11.3. The highest BCUT2D eigenvalue weighted by Gasteiger charge is 2.26. The molecule has 13 heteroatoms. The predicted molar refractivity (Wildman–Crippen MR) is 124 cm³/mol. The van der Waals surface area contributed by atoms with Crippen LogP contribution in [-0.4, -0.2) is 65.2 Å². The van der Waals surface area contributed by atoms with Crippen LogP contribution in [0.2, 0.25) is 0 Å². The SMILES string of the molecule is NC(=O)c1c(OCc2c(F)cc3c(c2F)OCC3)nsc1NC(=O)NCCCCN1CC[C@H](O)C1. The molecule has 10 nitrogen and oxygen atoms in total. The van der Waals surface area contributed by atoms with E-state index in [-0.39, 0.29) is 40.5 Å². The van der Waals surface area contributed by atoms with Gasteiger partial charge in [-0.1, -0.05) is 0 Å². The number of halogens is 2. The van der Waals surface area contributed by atoms with Crippen molar-refractivity contribution >= 4 is 28.5 Å². The van der Waals surface area contributed by atoms with E-state index >= 15 is 0 Å². The fourth-order valence-electron chi connectivity index (χ4n) is 4.07. The first-order valence-corrected chi connectivity index (χ1v) is 12.1. The molecular weight excluding hydrogens is 484 g/mol. The van der Waals surface area contributed by atoms with E-state index in [1.54, 1.807) is 0 Å². The number of hydrogen-bond acceptors (Lipinski definition) is 8. The molecule has 1 aromatic heterocycles. The molecular formula is C22H27F2N5O5S. The average Bonchev–Trinajstić information content (AvgIpc) is 3.53. The number of β-amino-alcohol motifs (C(OH)–C–C–N with tert-alkyl or cyclic N) is 1. The minimum atomic E-state index is -0.907. The zero-order chi connectivity index (χ0) is 24.9. The van der Waals surface area contributed by atoms with Crippen molar-refractivity contribution in [3.8, 4) is 11.6 Å². The van der Waals surface area contributed by atoms with Gasteiger partial charge in [-0.3, -0.25) is 10.1 Å². The highest BCUT2D eigenvalue weighted by molar-refractivity contribution is 7.11.